The van der Waals surface area contributed by atoms with Crippen LogP contribution in [-0.2, 0) is 14.4 Å². The van der Waals surface area contributed by atoms with E-state index in [1.807, 2.05) is 30.3 Å². The van der Waals surface area contributed by atoms with E-state index in [1.165, 1.54) is 13.1 Å². The summed E-state index contributed by atoms with van der Waals surface area (Å²) in [5.41, 5.74) is 3.86. The fourth-order valence-electron chi connectivity index (χ4n) is 3.00. The van der Waals surface area contributed by atoms with Gasteiger partial charge in [0, 0.05) is 24.9 Å². The SMILES string of the molecule is CC(=O)Oc1ccccc1/C=N/NC(=O)[C@H]1C(=O)NC[C@@H]1c1ccccc1. The second-order valence-corrected chi connectivity index (χ2v) is 6.11. The quantitative estimate of drug-likeness (QED) is 0.276. The highest BCUT2D eigenvalue weighted by atomic mass is 16.5. The van der Waals surface area contributed by atoms with Crippen molar-refractivity contribution in [2.24, 2.45) is 11.0 Å². The van der Waals surface area contributed by atoms with Crippen molar-refractivity contribution >= 4 is 24.0 Å². The summed E-state index contributed by atoms with van der Waals surface area (Å²) >= 11 is 0. The minimum absolute atomic E-state index is 0.248. The molecular weight excluding hydrogens is 346 g/mol. The molecule has 1 saturated heterocycles. The predicted molar refractivity (Wildman–Crippen MR) is 99.2 cm³/mol. The lowest BCUT2D eigenvalue weighted by Crippen LogP contribution is -2.34. The van der Waals surface area contributed by atoms with Gasteiger partial charge in [0.2, 0.25) is 5.91 Å². The van der Waals surface area contributed by atoms with E-state index in [2.05, 4.69) is 15.8 Å². The number of hydrazone groups is 1. The molecule has 0 aromatic heterocycles. The van der Waals surface area contributed by atoms with Gasteiger partial charge in [0.1, 0.15) is 11.7 Å². The number of benzene rings is 2. The van der Waals surface area contributed by atoms with Gasteiger partial charge in [-0.3, -0.25) is 14.4 Å². The van der Waals surface area contributed by atoms with Crippen LogP contribution in [0.5, 0.6) is 5.75 Å². The number of nitrogens with zero attached hydrogens (tertiary/aromatic N) is 1. The number of hydrogen-bond acceptors (Lipinski definition) is 5. The Hall–Kier alpha value is -3.48. The van der Waals surface area contributed by atoms with Crippen molar-refractivity contribution in [3.63, 3.8) is 0 Å². The number of hydrogen-bond donors (Lipinski definition) is 2. The van der Waals surface area contributed by atoms with Crippen molar-refractivity contribution in [1.29, 1.82) is 0 Å². The third kappa shape index (κ3) is 4.38. The minimum atomic E-state index is -0.853. The average Bonchev–Trinajstić information content (AvgIpc) is 3.05. The van der Waals surface area contributed by atoms with Gasteiger partial charge < -0.3 is 10.1 Å². The molecule has 2 aromatic carbocycles. The molecule has 2 atom stereocenters. The van der Waals surface area contributed by atoms with Crippen LogP contribution >= 0.6 is 0 Å². The van der Waals surface area contributed by atoms with E-state index in [1.54, 1.807) is 24.3 Å². The fraction of sp³-hybridized carbons (Fsp3) is 0.200. The predicted octanol–water partition coefficient (Wildman–Crippen LogP) is 1.59. The molecule has 0 radical (unpaired) electrons. The lowest BCUT2D eigenvalue weighted by atomic mass is 9.88. The summed E-state index contributed by atoms with van der Waals surface area (Å²) in [4.78, 5) is 35.8. The fourth-order valence-corrected chi connectivity index (χ4v) is 3.00. The summed E-state index contributed by atoms with van der Waals surface area (Å²) in [7, 11) is 0. The van der Waals surface area contributed by atoms with Crippen LogP contribution in [0.15, 0.2) is 59.7 Å². The second kappa shape index (κ2) is 8.27. The number of carbonyl (C=O) groups is 3. The van der Waals surface area contributed by atoms with E-state index in [4.69, 9.17) is 4.74 Å². The lowest BCUT2D eigenvalue weighted by Gasteiger charge is -2.15. The smallest absolute Gasteiger partial charge is 0.308 e. The molecule has 2 amide bonds. The van der Waals surface area contributed by atoms with Crippen molar-refractivity contribution in [2.45, 2.75) is 12.8 Å². The van der Waals surface area contributed by atoms with E-state index in [0.29, 0.717) is 17.9 Å². The maximum absolute atomic E-state index is 12.5. The van der Waals surface area contributed by atoms with E-state index in [0.717, 1.165) is 5.56 Å². The Kier molecular flexibility index (Phi) is 5.61. The van der Waals surface area contributed by atoms with Crippen molar-refractivity contribution in [2.75, 3.05) is 6.54 Å². The Bertz CT molecular complexity index is 880. The molecule has 7 heteroatoms. The van der Waals surface area contributed by atoms with Gasteiger partial charge in [-0.25, -0.2) is 5.43 Å². The van der Waals surface area contributed by atoms with E-state index >= 15 is 0 Å². The first kappa shape index (κ1) is 18.3. The Morgan fingerprint density at radius 1 is 1.15 bits per heavy atom. The molecule has 7 nitrogen and oxygen atoms in total. The third-order valence-electron chi connectivity index (χ3n) is 4.24. The van der Waals surface area contributed by atoms with Crippen LogP contribution in [-0.4, -0.2) is 30.5 Å². The van der Waals surface area contributed by atoms with Crippen LogP contribution in [0, 0.1) is 5.92 Å². The highest BCUT2D eigenvalue weighted by molar-refractivity contribution is 6.03. The van der Waals surface area contributed by atoms with Gasteiger partial charge >= 0.3 is 5.97 Å². The van der Waals surface area contributed by atoms with Gasteiger partial charge in [-0.2, -0.15) is 5.10 Å². The topological polar surface area (TPSA) is 96.9 Å². The van der Waals surface area contributed by atoms with Crippen molar-refractivity contribution in [1.82, 2.24) is 10.7 Å². The molecule has 27 heavy (non-hydrogen) atoms. The molecular formula is C20H19N3O4. The number of nitrogens with one attached hydrogen (secondary N) is 2. The first-order valence-electron chi connectivity index (χ1n) is 8.49. The number of rotatable bonds is 5. The lowest BCUT2D eigenvalue weighted by molar-refractivity contribution is -0.134. The molecule has 0 bridgehead atoms. The largest absolute Gasteiger partial charge is 0.426 e. The highest BCUT2D eigenvalue weighted by Gasteiger charge is 2.40. The molecule has 2 N–H and O–H groups in total. The molecule has 1 heterocycles. The molecule has 0 spiro atoms. The molecule has 3 rings (SSSR count). The van der Waals surface area contributed by atoms with Crippen molar-refractivity contribution in [3.05, 3.63) is 65.7 Å². The van der Waals surface area contributed by atoms with Gasteiger partial charge in [0.25, 0.3) is 5.91 Å². The van der Waals surface area contributed by atoms with Gasteiger partial charge in [-0.15, -0.1) is 0 Å². The molecule has 0 saturated carbocycles. The molecule has 0 unspecified atom stereocenters. The first-order valence-corrected chi connectivity index (χ1v) is 8.49. The van der Waals surface area contributed by atoms with Gasteiger partial charge in [-0.1, -0.05) is 42.5 Å². The Balaban J connectivity index is 1.71. The van der Waals surface area contributed by atoms with Crippen LogP contribution < -0.4 is 15.5 Å². The van der Waals surface area contributed by atoms with Crippen LogP contribution in [0.3, 0.4) is 0 Å². The Morgan fingerprint density at radius 3 is 2.59 bits per heavy atom. The van der Waals surface area contributed by atoms with Crippen LogP contribution in [0.25, 0.3) is 0 Å². The zero-order valence-corrected chi connectivity index (χ0v) is 14.7. The number of para-hydroxylation sites is 1. The van der Waals surface area contributed by atoms with Crippen molar-refractivity contribution < 1.29 is 19.1 Å². The summed E-state index contributed by atoms with van der Waals surface area (Å²) in [6, 6.07) is 16.2. The first-order chi connectivity index (χ1) is 13.1. The molecule has 1 fully saturated rings. The zero-order chi connectivity index (χ0) is 19.2. The summed E-state index contributed by atoms with van der Waals surface area (Å²) in [6.45, 7) is 1.71. The molecule has 1 aliphatic heterocycles. The average molecular weight is 365 g/mol. The summed E-state index contributed by atoms with van der Waals surface area (Å²) in [6.07, 6.45) is 1.38. The normalized spacial score (nSPS) is 18.9. The third-order valence-corrected chi connectivity index (χ3v) is 4.24. The number of carbonyl (C=O) groups excluding carboxylic acids is 3. The van der Waals surface area contributed by atoms with Crippen molar-refractivity contribution in [3.8, 4) is 5.75 Å². The van der Waals surface area contributed by atoms with Crippen LogP contribution in [0.1, 0.15) is 24.0 Å². The van der Waals surface area contributed by atoms with Crippen LogP contribution in [0.4, 0.5) is 0 Å². The van der Waals surface area contributed by atoms with E-state index in [-0.39, 0.29) is 11.8 Å². The Labute approximate surface area is 156 Å². The summed E-state index contributed by atoms with van der Waals surface area (Å²) < 4.78 is 5.09. The standard InChI is InChI=1S/C20H19N3O4/c1-13(24)27-17-10-6-5-9-15(17)11-22-23-20(26)18-16(12-21-19(18)25)14-7-3-2-4-8-14/h2-11,16,18H,12H2,1H3,(H,21,25)(H,23,26)/b22-11+/t16-,18-/m1/s1. The van der Waals surface area contributed by atoms with E-state index in [9.17, 15) is 14.4 Å². The molecule has 138 valence electrons. The highest BCUT2D eigenvalue weighted by Crippen LogP contribution is 2.29. The van der Waals surface area contributed by atoms with Gasteiger partial charge in [0.05, 0.1) is 6.21 Å². The second-order valence-electron chi connectivity index (χ2n) is 6.11. The maximum atomic E-state index is 12.5. The maximum Gasteiger partial charge on any atom is 0.308 e. The zero-order valence-electron chi connectivity index (χ0n) is 14.7. The monoisotopic (exact) mass is 365 g/mol. The van der Waals surface area contributed by atoms with Gasteiger partial charge in [0.15, 0.2) is 0 Å². The summed E-state index contributed by atoms with van der Waals surface area (Å²) in [5.74, 6) is -2.02. The number of ether oxygens (including phenoxy) is 1. The summed E-state index contributed by atoms with van der Waals surface area (Å²) in [5, 5.41) is 6.65. The number of esters is 1. The van der Waals surface area contributed by atoms with Crippen LogP contribution in [0.2, 0.25) is 0 Å². The van der Waals surface area contributed by atoms with Gasteiger partial charge in [-0.05, 0) is 17.7 Å². The number of amides is 2. The molecule has 1 aliphatic rings. The molecule has 2 aromatic rings. The molecule has 0 aliphatic carbocycles. The van der Waals surface area contributed by atoms with E-state index < -0.39 is 17.8 Å². The minimum Gasteiger partial charge on any atom is -0.426 e. The Morgan fingerprint density at radius 2 is 1.85 bits per heavy atom.